The SMILES string of the molecule is C[C@@H](C(=O)[O-])n1c(=O)n(Cc2ccccc2)c2ccccc21. The fourth-order valence-corrected chi connectivity index (χ4v) is 2.63. The maximum Gasteiger partial charge on any atom is 0.330 e. The number of carbonyl (C=O) groups excluding carboxylic acids is 1. The van der Waals surface area contributed by atoms with E-state index in [9.17, 15) is 14.7 Å². The lowest BCUT2D eigenvalue weighted by atomic mass is 10.2. The van der Waals surface area contributed by atoms with E-state index in [1.165, 1.54) is 11.5 Å². The Morgan fingerprint density at radius 1 is 1.05 bits per heavy atom. The van der Waals surface area contributed by atoms with E-state index in [0.717, 1.165) is 5.56 Å². The fourth-order valence-electron chi connectivity index (χ4n) is 2.63. The lowest BCUT2D eigenvalue weighted by Gasteiger charge is -2.14. The summed E-state index contributed by atoms with van der Waals surface area (Å²) in [4.78, 5) is 23.9. The number of aliphatic carboxylic acids is 1. The minimum atomic E-state index is -1.27. The Kier molecular flexibility index (Phi) is 3.55. The summed E-state index contributed by atoms with van der Waals surface area (Å²) in [7, 11) is 0. The molecule has 0 fully saturated rings. The van der Waals surface area contributed by atoms with Crippen LogP contribution in [0.15, 0.2) is 59.4 Å². The summed E-state index contributed by atoms with van der Waals surface area (Å²) in [5.74, 6) is -1.27. The molecule has 3 aromatic rings. The molecule has 0 unspecified atom stereocenters. The van der Waals surface area contributed by atoms with Crippen LogP contribution in [0.25, 0.3) is 11.0 Å². The minimum absolute atomic E-state index is 0.346. The summed E-state index contributed by atoms with van der Waals surface area (Å²) < 4.78 is 2.86. The minimum Gasteiger partial charge on any atom is -0.548 e. The van der Waals surface area contributed by atoms with Gasteiger partial charge in [0.25, 0.3) is 0 Å². The maximum atomic E-state index is 12.7. The number of imidazole rings is 1. The molecule has 1 heterocycles. The van der Waals surface area contributed by atoms with E-state index in [1.807, 2.05) is 42.5 Å². The van der Waals surface area contributed by atoms with Crippen molar-refractivity contribution in [1.82, 2.24) is 9.13 Å². The second-order valence-electron chi connectivity index (χ2n) is 5.21. The molecular weight excluding hydrogens is 280 g/mol. The number of benzene rings is 2. The predicted molar refractivity (Wildman–Crippen MR) is 81.5 cm³/mol. The molecule has 5 heteroatoms. The molecule has 0 amide bonds. The zero-order valence-corrected chi connectivity index (χ0v) is 12.1. The number of carbonyl (C=O) groups is 1. The zero-order valence-electron chi connectivity index (χ0n) is 12.1. The number of aromatic nitrogens is 2. The van der Waals surface area contributed by atoms with Crippen molar-refractivity contribution in [2.45, 2.75) is 19.5 Å². The average molecular weight is 295 g/mol. The van der Waals surface area contributed by atoms with E-state index in [-0.39, 0.29) is 5.69 Å². The maximum absolute atomic E-state index is 12.7. The van der Waals surface area contributed by atoms with Gasteiger partial charge < -0.3 is 9.90 Å². The summed E-state index contributed by atoms with van der Waals surface area (Å²) in [6.45, 7) is 1.85. The Labute approximate surface area is 127 Å². The van der Waals surface area contributed by atoms with Crippen LogP contribution in [-0.4, -0.2) is 15.1 Å². The van der Waals surface area contributed by atoms with Gasteiger partial charge in [-0.3, -0.25) is 9.13 Å². The first kappa shape index (κ1) is 14.1. The quantitative estimate of drug-likeness (QED) is 0.725. The van der Waals surface area contributed by atoms with Gasteiger partial charge in [-0.25, -0.2) is 4.79 Å². The van der Waals surface area contributed by atoms with Gasteiger partial charge in [0.15, 0.2) is 0 Å². The molecule has 0 aliphatic carbocycles. The molecule has 0 N–H and O–H groups in total. The standard InChI is InChI=1S/C17H16N2O3/c1-12(16(20)21)19-15-10-6-5-9-14(15)18(17(19)22)11-13-7-3-2-4-8-13/h2-10,12H,11H2,1H3,(H,20,21)/p-1/t12-/m0/s1. The Morgan fingerprint density at radius 3 is 2.27 bits per heavy atom. The van der Waals surface area contributed by atoms with Crippen molar-refractivity contribution < 1.29 is 9.90 Å². The monoisotopic (exact) mass is 295 g/mol. The van der Waals surface area contributed by atoms with Crippen LogP contribution < -0.4 is 10.8 Å². The van der Waals surface area contributed by atoms with Crippen LogP contribution in [0, 0.1) is 0 Å². The van der Waals surface area contributed by atoms with Gasteiger partial charge >= 0.3 is 5.69 Å². The number of nitrogens with zero attached hydrogens (tertiary/aromatic N) is 2. The van der Waals surface area contributed by atoms with Gasteiger partial charge in [0, 0.05) is 0 Å². The first-order valence-corrected chi connectivity index (χ1v) is 7.04. The van der Waals surface area contributed by atoms with Crippen LogP contribution in [-0.2, 0) is 11.3 Å². The Hall–Kier alpha value is -2.82. The molecule has 0 spiro atoms. The third-order valence-electron chi connectivity index (χ3n) is 3.78. The van der Waals surface area contributed by atoms with E-state index in [1.54, 1.807) is 16.7 Å². The second-order valence-corrected chi connectivity index (χ2v) is 5.21. The van der Waals surface area contributed by atoms with Gasteiger partial charge in [-0.15, -0.1) is 0 Å². The predicted octanol–water partition coefficient (Wildman–Crippen LogP) is 1.16. The largest absolute Gasteiger partial charge is 0.548 e. The zero-order chi connectivity index (χ0) is 15.7. The third-order valence-corrected chi connectivity index (χ3v) is 3.78. The number of hydrogen-bond acceptors (Lipinski definition) is 3. The molecule has 112 valence electrons. The van der Waals surface area contributed by atoms with Gasteiger partial charge in [-0.1, -0.05) is 42.5 Å². The highest BCUT2D eigenvalue weighted by Crippen LogP contribution is 2.18. The number of fused-ring (bicyclic) bond motifs is 1. The van der Waals surface area contributed by atoms with Crippen molar-refractivity contribution in [3.05, 3.63) is 70.6 Å². The summed E-state index contributed by atoms with van der Waals surface area (Å²) in [5, 5.41) is 11.2. The molecule has 5 nitrogen and oxygen atoms in total. The lowest BCUT2D eigenvalue weighted by molar-refractivity contribution is -0.309. The molecule has 0 saturated heterocycles. The van der Waals surface area contributed by atoms with Crippen LogP contribution in [0.2, 0.25) is 0 Å². The summed E-state index contributed by atoms with van der Waals surface area (Å²) in [5.41, 5.74) is 1.94. The van der Waals surface area contributed by atoms with Crippen LogP contribution in [0.4, 0.5) is 0 Å². The number of para-hydroxylation sites is 2. The van der Waals surface area contributed by atoms with Gasteiger partial charge in [0.05, 0.1) is 29.6 Å². The number of carboxylic acids is 1. The Bertz CT molecular complexity index is 878. The smallest absolute Gasteiger partial charge is 0.330 e. The number of hydrogen-bond donors (Lipinski definition) is 0. The first-order chi connectivity index (χ1) is 10.6. The Balaban J connectivity index is 2.21. The molecule has 2 aromatic carbocycles. The van der Waals surface area contributed by atoms with Crippen LogP contribution in [0.5, 0.6) is 0 Å². The molecule has 0 radical (unpaired) electrons. The normalized spacial score (nSPS) is 12.4. The molecule has 0 aliphatic heterocycles. The van der Waals surface area contributed by atoms with Crippen LogP contribution in [0.3, 0.4) is 0 Å². The average Bonchev–Trinajstić information content (AvgIpc) is 2.80. The van der Waals surface area contributed by atoms with Crippen molar-refractivity contribution in [3.63, 3.8) is 0 Å². The summed E-state index contributed by atoms with van der Waals surface area (Å²) in [6, 6.07) is 15.7. The van der Waals surface area contributed by atoms with Crippen molar-refractivity contribution in [2.75, 3.05) is 0 Å². The highest BCUT2D eigenvalue weighted by Gasteiger charge is 2.17. The first-order valence-electron chi connectivity index (χ1n) is 7.04. The van der Waals surface area contributed by atoms with Crippen molar-refractivity contribution >= 4 is 17.0 Å². The van der Waals surface area contributed by atoms with Crippen molar-refractivity contribution in [2.24, 2.45) is 0 Å². The molecule has 0 aliphatic rings. The number of rotatable bonds is 4. The molecule has 0 saturated carbocycles. The van der Waals surface area contributed by atoms with Crippen LogP contribution in [0.1, 0.15) is 18.5 Å². The van der Waals surface area contributed by atoms with E-state index in [2.05, 4.69) is 0 Å². The van der Waals surface area contributed by atoms with E-state index < -0.39 is 12.0 Å². The molecule has 1 aromatic heterocycles. The van der Waals surface area contributed by atoms with E-state index >= 15 is 0 Å². The van der Waals surface area contributed by atoms with Gasteiger partial charge in [-0.05, 0) is 24.6 Å². The topological polar surface area (TPSA) is 67.1 Å². The second kappa shape index (κ2) is 5.52. The summed E-state index contributed by atoms with van der Waals surface area (Å²) >= 11 is 0. The highest BCUT2D eigenvalue weighted by atomic mass is 16.4. The molecular formula is C17H15N2O3-. The van der Waals surface area contributed by atoms with Gasteiger partial charge in [0.2, 0.25) is 0 Å². The van der Waals surface area contributed by atoms with Gasteiger partial charge in [0.1, 0.15) is 0 Å². The van der Waals surface area contributed by atoms with E-state index in [4.69, 9.17) is 0 Å². The fraction of sp³-hybridized carbons (Fsp3) is 0.176. The lowest BCUT2D eigenvalue weighted by Crippen LogP contribution is -2.37. The molecule has 3 rings (SSSR count). The Morgan fingerprint density at radius 2 is 1.64 bits per heavy atom. The number of carboxylic acid groups (broad SMARTS) is 1. The van der Waals surface area contributed by atoms with Gasteiger partial charge in [-0.2, -0.15) is 0 Å². The molecule has 1 atom stereocenters. The molecule has 0 bridgehead atoms. The van der Waals surface area contributed by atoms with Crippen LogP contribution >= 0.6 is 0 Å². The molecule has 22 heavy (non-hydrogen) atoms. The third kappa shape index (κ3) is 2.30. The van der Waals surface area contributed by atoms with E-state index in [0.29, 0.717) is 17.6 Å². The summed E-state index contributed by atoms with van der Waals surface area (Å²) in [6.07, 6.45) is 0. The van der Waals surface area contributed by atoms with Crippen molar-refractivity contribution in [1.29, 1.82) is 0 Å². The van der Waals surface area contributed by atoms with Crippen molar-refractivity contribution in [3.8, 4) is 0 Å². The highest BCUT2D eigenvalue weighted by molar-refractivity contribution is 5.79.